The molecule has 1 fully saturated rings. The Bertz CT molecular complexity index is 305. The zero-order valence-electron chi connectivity index (χ0n) is 10.2. The monoisotopic (exact) mass is 249 g/mol. The summed E-state index contributed by atoms with van der Waals surface area (Å²) in [6, 6.07) is 0.377. The van der Waals surface area contributed by atoms with Crippen molar-refractivity contribution in [2.75, 3.05) is 39.0 Å². The van der Waals surface area contributed by atoms with Crippen molar-refractivity contribution in [2.45, 2.75) is 25.8 Å². The summed E-state index contributed by atoms with van der Waals surface area (Å²) in [5, 5.41) is 0. The van der Waals surface area contributed by atoms with Gasteiger partial charge in [0.25, 0.3) is 0 Å². The van der Waals surface area contributed by atoms with Crippen LogP contribution in [0.25, 0.3) is 0 Å². The molecule has 0 aliphatic carbocycles. The Morgan fingerprint density at radius 1 is 1.50 bits per heavy atom. The van der Waals surface area contributed by atoms with Gasteiger partial charge in [-0.3, -0.25) is 4.90 Å². The number of hydrogen-bond donors (Lipinski definition) is 1. The molecule has 6 heteroatoms. The second-order valence-corrected chi connectivity index (χ2v) is 6.51. The van der Waals surface area contributed by atoms with Crippen molar-refractivity contribution in [1.29, 1.82) is 0 Å². The molecule has 0 radical (unpaired) electrons. The summed E-state index contributed by atoms with van der Waals surface area (Å²) in [5.74, 6) is 0.0440. The number of nitrogens with two attached hydrogens (primary N) is 1. The molecule has 1 saturated heterocycles. The van der Waals surface area contributed by atoms with Gasteiger partial charge in [0.2, 0.25) is 10.0 Å². The Labute approximate surface area is 98.6 Å². The van der Waals surface area contributed by atoms with Gasteiger partial charge >= 0.3 is 0 Å². The van der Waals surface area contributed by atoms with E-state index in [0.717, 1.165) is 19.5 Å². The minimum absolute atomic E-state index is 0.0440. The average molecular weight is 249 g/mol. The van der Waals surface area contributed by atoms with Crippen LogP contribution in [0.5, 0.6) is 0 Å². The largest absolute Gasteiger partial charge is 0.329 e. The Kier molecular flexibility index (Phi) is 5.17. The van der Waals surface area contributed by atoms with E-state index in [4.69, 9.17) is 5.73 Å². The second-order valence-electron chi connectivity index (χ2n) is 4.31. The Morgan fingerprint density at radius 3 is 2.75 bits per heavy atom. The van der Waals surface area contributed by atoms with E-state index in [1.54, 1.807) is 7.05 Å². The molecule has 0 aromatic carbocycles. The SMILES string of the molecule is CCN1CCCC1CN(C)S(=O)(=O)CCN. The predicted octanol–water partition coefficient (Wildman–Crippen LogP) is -0.309. The Balaban J connectivity index is 2.53. The fraction of sp³-hybridized carbons (Fsp3) is 1.00. The first-order valence-corrected chi connectivity index (χ1v) is 7.50. The highest BCUT2D eigenvalue weighted by molar-refractivity contribution is 7.89. The van der Waals surface area contributed by atoms with Crippen LogP contribution in [0.2, 0.25) is 0 Å². The van der Waals surface area contributed by atoms with Gasteiger partial charge in [0.1, 0.15) is 0 Å². The van der Waals surface area contributed by atoms with Gasteiger partial charge in [-0.25, -0.2) is 12.7 Å². The summed E-state index contributed by atoms with van der Waals surface area (Å²) in [5.41, 5.74) is 5.30. The van der Waals surface area contributed by atoms with Gasteiger partial charge < -0.3 is 5.73 Å². The highest BCUT2D eigenvalue weighted by Crippen LogP contribution is 2.18. The van der Waals surface area contributed by atoms with Gasteiger partial charge in [-0.05, 0) is 25.9 Å². The van der Waals surface area contributed by atoms with Crippen LogP contribution in [0.4, 0.5) is 0 Å². The minimum atomic E-state index is -3.15. The van der Waals surface area contributed by atoms with E-state index in [2.05, 4.69) is 11.8 Å². The fourth-order valence-corrected chi connectivity index (χ4v) is 3.24. The van der Waals surface area contributed by atoms with Crippen molar-refractivity contribution < 1.29 is 8.42 Å². The number of rotatable bonds is 6. The summed E-state index contributed by atoms with van der Waals surface area (Å²) >= 11 is 0. The molecule has 16 heavy (non-hydrogen) atoms. The number of hydrogen-bond acceptors (Lipinski definition) is 4. The molecule has 0 saturated carbocycles. The quantitative estimate of drug-likeness (QED) is 0.701. The van der Waals surface area contributed by atoms with E-state index in [1.807, 2.05) is 0 Å². The van der Waals surface area contributed by atoms with Crippen LogP contribution >= 0.6 is 0 Å². The standard InChI is InChI=1S/C10H23N3O2S/c1-3-13-7-4-5-10(13)9-12(2)16(14,15)8-6-11/h10H,3-9,11H2,1-2H3. The molecule has 0 aromatic heterocycles. The van der Waals surface area contributed by atoms with E-state index in [9.17, 15) is 8.42 Å². The second kappa shape index (κ2) is 5.95. The van der Waals surface area contributed by atoms with E-state index >= 15 is 0 Å². The molecule has 1 heterocycles. The zero-order chi connectivity index (χ0) is 12.2. The molecule has 1 atom stereocenters. The van der Waals surface area contributed by atoms with Gasteiger partial charge in [-0.2, -0.15) is 0 Å². The number of sulfonamides is 1. The van der Waals surface area contributed by atoms with Crippen LogP contribution in [-0.4, -0.2) is 62.6 Å². The first kappa shape index (κ1) is 13.9. The molecule has 1 rings (SSSR count). The van der Waals surface area contributed by atoms with E-state index in [-0.39, 0.29) is 12.3 Å². The molecule has 1 aliphatic rings. The molecule has 0 amide bonds. The van der Waals surface area contributed by atoms with Crippen molar-refractivity contribution in [1.82, 2.24) is 9.21 Å². The summed E-state index contributed by atoms with van der Waals surface area (Å²) in [7, 11) is -1.50. The third-order valence-electron chi connectivity index (χ3n) is 3.22. The molecular formula is C10H23N3O2S. The van der Waals surface area contributed by atoms with Crippen LogP contribution in [-0.2, 0) is 10.0 Å². The Morgan fingerprint density at radius 2 is 2.19 bits per heavy atom. The van der Waals surface area contributed by atoms with E-state index in [0.29, 0.717) is 12.6 Å². The third-order valence-corrected chi connectivity index (χ3v) is 5.07. The van der Waals surface area contributed by atoms with Gasteiger partial charge in [0.15, 0.2) is 0 Å². The normalized spacial score (nSPS) is 23.1. The first-order chi connectivity index (χ1) is 7.51. The number of nitrogens with zero attached hydrogens (tertiary/aromatic N) is 2. The molecular weight excluding hydrogens is 226 g/mol. The molecule has 2 N–H and O–H groups in total. The van der Waals surface area contributed by atoms with Crippen molar-refractivity contribution >= 4 is 10.0 Å². The zero-order valence-corrected chi connectivity index (χ0v) is 11.0. The maximum atomic E-state index is 11.7. The molecule has 1 unspecified atom stereocenters. The van der Waals surface area contributed by atoms with Crippen LogP contribution < -0.4 is 5.73 Å². The van der Waals surface area contributed by atoms with Gasteiger partial charge in [-0.15, -0.1) is 0 Å². The van der Waals surface area contributed by atoms with E-state index in [1.165, 1.54) is 10.7 Å². The topological polar surface area (TPSA) is 66.6 Å². The highest BCUT2D eigenvalue weighted by Gasteiger charge is 2.27. The summed E-state index contributed by atoms with van der Waals surface area (Å²) < 4.78 is 24.9. The van der Waals surface area contributed by atoms with Gasteiger partial charge in [0, 0.05) is 26.2 Å². The summed E-state index contributed by atoms with van der Waals surface area (Å²) in [6.45, 7) is 4.99. The first-order valence-electron chi connectivity index (χ1n) is 5.89. The van der Waals surface area contributed by atoms with Gasteiger partial charge in [-0.1, -0.05) is 6.92 Å². The molecule has 5 nitrogen and oxygen atoms in total. The Hall–Kier alpha value is -0.170. The smallest absolute Gasteiger partial charge is 0.215 e. The minimum Gasteiger partial charge on any atom is -0.329 e. The lowest BCUT2D eigenvalue weighted by Gasteiger charge is -2.27. The molecule has 0 bridgehead atoms. The van der Waals surface area contributed by atoms with Crippen molar-refractivity contribution in [3.05, 3.63) is 0 Å². The lowest BCUT2D eigenvalue weighted by molar-refractivity contribution is 0.238. The van der Waals surface area contributed by atoms with Crippen molar-refractivity contribution in [2.24, 2.45) is 5.73 Å². The maximum absolute atomic E-state index is 11.7. The molecule has 1 aliphatic heterocycles. The van der Waals surface area contributed by atoms with Gasteiger partial charge in [0.05, 0.1) is 5.75 Å². The third kappa shape index (κ3) is 3.41. The number of likely N-dealkylation sites (N-methyl/N-ethyl adjacent to an activating group) is 2. The van der Waals surface area contributed by atoms with E-state index < -0.39 is 10.0 Å². The van der Waals surface area contributed by atoms with Crippen molar-refractivity contribution in [3.8, 4) is 0 Å². The maximum Gasteiger partial charge on any atom is 0.215 e. The van der Waals surface area contributed by atoms with Crippen LogP contribution in [0, 0.1) is 0 Å². The highest BCUT2D eigenvalue weighted by atomic mass is 32.2. The van der Waals surface area contributed by atoms with Crippen molar-refractivity contribution in [3.63, 3.8) is 0 Å². The lowest BCUT2D eigenvalue weighted by Crippen LogP contribution is -2.42. The van der Waals surface area contributed by atoms with Crippen LogP contribution in [0.3, 0.4) is 0 Å². The lowest BCUT2D eigenvalue weighted by atomic mass is 10.2. The summed E-state index contributed by atoms with van der Waals surface area (Å²) in [4.78, 5) is 2.34. The van der Waals surface area contributed by atoms with Crippen LogP contribution in [0.1, 0.15) is 19.8 Å². The molecule has 0 spiro atoms. The molecule has 96 valence electrons. The predicted molar refractivity (Wildman–Crippen MR) is 65.7 cm³/mol. The summed E-state index contributed by atoms with van der Waals surface area (Å²) in [6.07, 6.45) is 2.26. The molecule has 0 aromatic rings. The average Bonchev–Trinajstić information content (AvgIpc) is 2.65. The number of likely N-dealkylation sites (tertiary alicyclic amines) is 1. The van der Waals surface area contributed by atoms with Crippen LogP contribution in [0.15, 0.2) is 0 Å². The fourth-order valence-electron chi connectivity index (χ4n) is 2.23.